The van der Waals surface area contributed by atoms with Crippen molar-refractivity contribution < 1.29 is 9.47 Å². The second-order valence-electron chi connectivity index (χ2n) is 4.43. The number of methoxy groups -OCH3 is 2. The third-order valence-electron chi connectivity index (χ3n) is 3.44. The monoisotopic (exact) mass is 221 g/mol. The molecule has 0 aliphatic heterocycles. The smallest absolute Gasteiger partial charge is 0.124 e. The average Bonchev–Trinajstić information content (AvgIpc) is 2.76. The number of benzene rings is 1. The van der Waals surface area contributed by atoms with Crippen molar-refractivity contribution in [2.45, 2.75) is 31.2 Å². The minimum Gasteiger partial charge on any atom is -0.497 e. The summed E-state index contributed by atoms with van der Waals surface area (Å²) in [7, 11) is 3.35. The van der Waals surface area contributed by atoms with Crippen LogP contribution in [0.2, 0.25) is 0 Å². The molecule has 1 saturated carbocycles. The first-order chi connectivity index (χ1) is 7.69. The highest BCUT2D eigenvalue weighted by molar-refractivity contribution is 5.45. The zero-order valence-electron chi connectivity index (χ0n) is 9.95. The Hall–Kier alpha value is -1.22. The maximum atomic E-state index is 6.44. The standard InChI is InChI=1S/C13H19NO2/c1-15-10-5-6-12(16-2)11(9-10)13(14)7-3-4-8-13/h5-6,9H,3-4,7-8,14H2,1-2H3. The lowest BCUT2D eigenvalue weighted by molar-refractivity contribution is 0.371. The molecule has 0 atom stereocenters. The molecular weight excluding hydrogens is 202 g/mol. The molecule has 3 heteroatoms. The SMILES string of the molecule is COc1ccc(OC)c(C2(N)CCCC2)c1. The molecule has 0 saturated heterocycles. The van der Waals surface area contributed by atoms with Gasteiger partial charge in [0.15, 0.2) is 0 Å². The second-order valence-corrected chi connectivity index (χ2v) is 4.43. The van der Waals surface area contributed by atoms with E-state index in [9.17, 15) is 0 Å². The summed E-state index contributed by atoms with van der Waals surface area (Å²) in [5.41, 5.74) is 7.28. The first kappa shape index (κ1) is 11.3. The van der Waals surface area contributed by atoms with E-state index < -0.39 is 0 Å². The van der Waals surface area contributed by atoms with Crippen LogP contribution in [0.3, 0.4) is 0 Å². The predicted molar refractivity (Wildman–Crippen MR) is 63.9 cm³/mol. The minimum atomic E-state index is -0.236. The van der Waals surface area contributed by atoms with Crippen molar-refractivity contribution in [2.24, 2.45) is 5.73 Å². The lowest BCUT2D eigenvalue weighted by Crippen LogP contribution is -2.33. The van der Waals surface area contributed by atoms with Gasteiger partial charge in [-0.15, -0.1) is 0 Å². The molecule has 3 nitrogen and oxygen atoms in total. The number of hydrogen-bond acceptors (Lipinski definition) is 3. The van der Waals surface area contributed by atoms with Gasteiger partial charge in [0.05, 0.1) is 14.2 Å². The van der Waals surface area contributed by atoms with Crippen LogP contribution in [0.25, 0.3) is 0 Å². The van der Waals surface area contributed by atoms with Crippen LogP contribution in [0.4, 0.5) is 0 Å². The van der Waals surface area contributed by atoms with Crippen molar-refractivity contribution in [1.29, 1.82) is 0 Å². The summed E-state index contributed by atoms with van der Waals surface area (Å²) in [5, 5.41) is 0. The quantitative estimate of drug-likeness (QED) is 0.852. The fourth-order valence-electron chi connectivity index (χ4n) is 2.48. The fraction of sp³-hybridized carbons (Fsp3) is 0.538. The summed E-state index contributed by atoms with van der Waals surface area (Å²) in [6.45, 7) is 0. The van der Waals surface area contributed by atoms with E-state index in [-0.39, 0.29) is 5.54 Å². The summed E-state index contributed by atoms with van der Waals surface area (Å²) in [6, 6.07) is 5.84. The third-order valence-corrected chi connectivity index (χ3v) is 3.44. The van der Waals surface area contributed by atoms with Gasteiger partial charge in [-0.1, -0.05) is 12.8 Å². The molecule has 0 unspecified atom stereocenters. The molecule has 2 N–H and O–H groups in total. The topological polar surface area (TPSA) is 44.5 Å². The Labute approximate surface area is 96.5 Å². The van der Waals surface area contributed by atoms with E-state index in [0.29, 0.717) is 0 Å². The second kappa shape index (κ2) is 4.34. The van der Waals surface area contributed by atoms with E-state index in [1.54, 1.807) is 14.2 Å². The molecule has 0 heterocycles. The Morgan fingerprint density at radius 2 is 1.81 bits per heavy atom. The van der Waals surface area contributed by atoms with Crippen molar-refractivity contribution in [3.8, 4) is 11.5 Å². The van der Waals surface area contributed by atoms with Gasteiger partial charge in [0.25, 0.3) is 0 Å². The van der Waals surface area contributed by atoms with Gasteiger partial charge in [0, 0.05) is 11.1 Å². The van der Waals surface area contributed by atoms with Crippen LogP contribution in [0.5, 0.6) is 11.5 Å². The van der Waals surface area contributed by atoms with Gasteiger partial charge in [0.2, 0.25) is 0 Å². The molecule has 1 fully saturated rings. The highest BCUT2D eigenvalue weighted by Crippen LogP contribution is 2.41. The van der Waals surface area contributed by atoms with Gasteiger partial charge in [0.1, 0.15) is 11.5 Å². The molecule has 1 aliphatic rings. The Balaban J connectivity index is 2.43. The Kier molecular flexibility index (Phi) is 3.06. The number of ether oxygens (including phenoxy) is 2. The van der Waals surface area contributed by atoms with Gasteiger partial charge >= 0.3 is 0 Å². The normalized spacial score (nSPS) is 18.4. The molecule has 0 amide bonds. The highest BCUT2D eigenvalue weighted by atomic mass is 16.5. The number of rotatable bonds is 3. The van der Waals surface area contributed by atoms with Crippen molar-refractivity contribution in [3.05, 3.63) is 23.8 Å². The van der Waals surface area contributed by atoms with Gasteiger partial charge in [-0.3, -0.25) is 0 Å². The molecule has 1 aromatic carbocycles. The van der Waals surface area contributed by atoms with Crippen molar-refractivity contribution in [2.75, 3.05) is 14.2 Å². The van der Waals surface area contributed by atoms with Crippen molar-refractivity contribution in [1.82, 2.24) is 0 Å². The van der Waals surface area contributed by atoms with Crippen LogP contribution in [0, 0.1) is 0 Å². The number of hydrogen-bond donors (Lipinski definition) is 1. The minimum absolute atomic E-state index is 0.236. The molecule has 1 aromatic rings. The van der Waals surface area contributed by atoms with Crippen LogP contribution >= 0.6 is 0 Å². The lowest BCUT2D eigenvalue weighted by Gasteiger charge is -2.26. The molecular formula is C13H19NO2. The van der Waals surface area contributed by atoms with E-state index in [2.05, 4.69) is 0 Å². The van der Waals surface area contributed by atoms with Gasteiger partial charge < -0.3 is 15.2 Å². The lowest BCUT2D eigenvalue weighted by atomic mass is 9.88. The van der Waals surface area contributed by atoms with Crippen LogP contribution < -0.4 is 15.2 Å². The molecule has 2 rings (SSSR count). The van der Waals surface area contributed by atoms with E-state index in [1.807, 2.05) is 18.2 Å². The molecule has 16 heavy (non-hydrogen) atoms. The highest BCUT2D eigenvalue weighted by Gasteiger charge is 2.34. The molecule has 0 spiro atoms. The van der Waals surface area contributed by atoms with Crippen molar-refractivity contribution in [3.63, 3.8) is 0 Å². The third kappa shape index (κ3) is 1.87. The first-order valence-corrected chi connectivity index (χ1v) is 5.71. The zero-order chi connectivity index (χ0) is 11.6. The van der Waals surface area contributed by atoms with Crippen LogP contribution in [0.1, 0.15) is 31.2 Å². The van der Waals surface area contributed by atoms with E-state index >= 15 is 0 Å². The summed E-state index contributed by atoms with van der Waals surface area (Å²) in [5.74, 6) is 1.71. The van der Waals surface area contributed by atoms with Gasteiger partial charge in [-0.25, -0.2) is 0 Å². The van der Waals surface area contributed by atoms with Crippen LogP contribution in [0.15, 0.2) is 18.2 Å². The largest absolute Gasteiger partial charge is 0.497 e. The van der Waals surface area contributed by atoms with E-state index in [1.165, 1.54) is 12.8 Å². The fourth-order valence-corrected chi connectivity index (χ4v) is 2.48. The molecule has 88 valence electrons. The Bertz CT molecular complexity index is 370. The molecule has 0 radical (unpaired) electrons. The Morgan fingerprint density at radius 1 is 1.12 bits per heavy atom. The summed E-state index contributed by atoms with van der Waals surface area (Å²) in [6.07, 6.45) is 4.43. The maximum absolute atomic E-state index is 6.44. The molecule has 0 aromatic heterocycles. The number of nitrogens with two attached hydrogens (primary N) is 1. The van der Waals surface area contributed by atoms with Gasteiger partial charge in [-0.05, 0) is 31.0 Å². The maximum Gasteiger partial charge on any atom is 0.124 e. The molecule has 0 bridgehead atoms. The van der Waals surface area contributed by atoms with E-state index in [0.717, 1.165) is 29.9 Å². The first-order valence-electron chi connectivity index (χ1n) is 5.71. The van der Waals surface area contributed by atoms with Crippen LogP contribution in [-0.2, 0) is 5.54 Å². The summed E-state index contributed by atoms with van der Waals surface area (Å²) in [4.78, 5) is 0. The molecule has 1 aliphatic carbocycles. The van der Waals surface area contributed by atoms with E-state index in [4.69, 9.17) is 15.2 Å². The summed E-state index contributed by atoms with van der Waals surface area (Å²) < 4.78 is 10.6. The van der Waals surface area contributed by atoms with Gasteiger partial charge in [-0.2, -0.15) is 0 Å². The van der Waals surface area contributed by atoms with Crippen LogP contribution in [-0.4, -0.2) is 14.2 Å². The summed E-state index contributed by atoms with van der Waals surface area (Å²) >= 11 is 0. The van der Waals surface area contributed by atoms with Crippen molar-refractivity contribution >= 4 is 0 Å². The zero-order valence-corrected chi connectivity index (χ0v) is 9.95. The average molecular weight is 221 g/mol. The predicted octanol–water partition coefficient (Wildman–Crippen LogP) is 2.43. The Morgan fingerprint density at radius 3 is 2.38 bits per heavy atom.